The maximum atomic E-state index is 13.5. The van der Waals surface area contributed by atoms with Crippen LogP contribution in [-0.4, -0.2) is 60.8 Å². The molecule has 204 valence electrons. The number of carbonyl (C=O) groups excluding carboxylic acids is 1. The van der Waals surface area contributed by atoms with Gasteiger partial charge in [0.25, 0.3) is 10.0 Å². The highest BCUT2D eigenvalue weighted by molar-refractivity contribution is 7.92. The monoisotopic (exact) mass is 579 g/mol. The molecule has 0 unspecified atom stereocenters. The van der Waals surface area contributed by atoms with Crippen molar-refractivity contribution in [2.24, 2.45) is 0 Å². The molecule has 0 aliphatic carbocycles. The van der Waals surface area contributed by atoms with E-state index in [1.54, 1.807) is 37.3 Å². The summed E-state index contributed by atoms with van der Waals surface area (Å²) in [5.41, 5.74) is 1.74. The summed E-state index contributed by atoms with van der Waals surface area (Å²) in [4.78, 5) is 13.0. The number of benzene rings is 3. The second-order valence-electron chi connectivity index (χ2n) is 8.67. The molecule has 1 amide bonds. The number of ether oxygens (including phenoxy) is 1. The summed E-state index contributed by atoms with van der Waals surface area (Å²) in [6, 6.07) is 17.2. The third-order valence-corrected chi connectivity index (χ3v) is 9.71. The molecule has 0 fully saturated rings. The molecule has 3 rings (SSSR count). The first-order valence-electron chi connectivity index (χ1n) is 11.6. The van der Waals surface area contributed by atoms with Crippen LogP contribution in [-0.2, 0) is 24.8 Å². The number of hydrogen-bond acceptors (Lipinski definition) is 6. The molecule has 3 aromatic rings. The number of anilines is 1. The molecule has 0 radical (unpaired) electrons. The lowest BCUT2D eigenvalue weighted by Crippen LogP contribution is -2.42. The van der Waals surface area contributed by atoms with E-state index in [0.29, 0.717) is 22.0 Å². The fourth-order valence-corrected chi connectivity index (χ4v) is 6.02. The number of rotatable bonds is 11. The Labute approximate surface area is 229 Å². The molecule has 0 atom stereocenters. The van der Waals surface area contributed by atoms with E-state index in [1.807, 2.05) is 6.92 Å². The van der Waals surface area contributed by atoms with Crippen LogP contribution < -0.4 is 14.4 Å². The Morgan fingerprint density at radius 3 is 2.05 bits per heavy atom. The minimum Gasteiger partial charge on any atom is -0.492 e. The number of halogens is 1. The van der Waals surface area contributed by atoms with Crippen LogP contribution >= 0.6 is 11.6 Å². The van der Waals surface area contributed by atoms with E-state index in [-0.39, 0.29) is 22.9 Å². The summed E-state index contributed by atoms with van der Waals surface area (Å²) >= 11 is 6.25. The molecule has 0 aliphatic heterocycles. The van der Waals surface area contributed by atoms with Crippen molar-refractivity contribution in [3.63, 3.8) is 0 Å². The zero-order chi connectivity index (χ0) is 28.1. The van der Waals surface area contributed by atoms with Gasteiger partial charge < -0.3 is 10.1 Å². The van der Waals surface area contributed by atoms with Crippen LogP contribution in [0.2, 0.25) is 5.02 Å². The quantitative estimate of drug-likeness (QED) is 0.347. The minimum absolute atomic E-state index is 0.0540. The van der Waals surface area contributed by atoms with Gasteiger partial charge in [-0.1, -0.05) is 35.4 Å². The number of sulfonamides is 2. The highest BCUT2D eigenvalue weighted by Crippen LogP contribution is 2.31. The van der Waals surface area contributed by atoms with Gasteiger partial charge in [0.15, 0.2) is 0 Å². The van der Waals surface area contributed by atoms with E-state index >= 15 is 0 Å². The van der Waals surface area contributed by atoms with Crippen LogP contribution in [0, 0.1) is 13.8 Å². The van der Waals surface area contributed by atoms with E-state index < -0.39 is 32.5 Å². The molecule has 9 nitrogen and oxygen atoms in total. The van der Waals surface area contributed by atoms with Crippen LogP contribution in [0.5, 0.6) is 5.75 Å². The first-order chi connectivity index (χ1) is 17.8. The molecular formula is C26H30ClN3O6S2. The first-order valence-corrected chi connectivity index (χ1v) is 14.9. The highest BCUT2D eigenvalue weighted by Gasteiger charge is 2.28. The van der Waals surface area contributed by atoms with Crippen molar-refractivity contribution in [3.8, 4) is 5.75 Å². The molecule has 0 aliphatic rings. The van der Waals surface area contributed by atoms with Gasteiger partial charge >= 0.3 is 0 Å². The fraction of sp³-hybridized carbons (Fsp3) is 0.269. The summed E-state index contributed by atoms with van der Waals surface area (Å²) in [5.74, 6) is -0.105. The average molecular weight is 580 g/mol. The molecule has 0 aromatic heterocycles. The number of aryl methyl sites for hydroxylation is 1. The SMILES string of the molecule is Cc1ccc(S(=O)(=O)N(CC(=O)NCCOc2ccc(S(=O)(=O)N(C)C)cc2)c2cccc(Cl)c2C)cc1. The van der Waals surface area contributed by atoms with E-state index in [1.165, 1.54) is 50.5 Å². The molecule has 0 spiro atoms. The number of nitrogens with one attached hydrogen (secondary N) is 1. The van der Waals surface area contributed by atoms with Crippen molar-refractivity contribution in [2.45, 2.75) is 23.6 Å². The topological polar surface area (TPSA) is 113 Å². The summed E-state index contributed by atoms with van der Waals surface area (Å²) in [6.45, 7) is 3.27. The zero-order valence-corrected chi connectivity index (χ0v) is 23.9. The molecular weight excluding hydrogens is 550 g/mol. The lowest BCUT2D eigenvalue weighted by atomic mass is 10.2. The third-order valence-electron chi connectivity index (χ3n) is 5.70. The summed E-state index contributed by atoms with van der Waals surface area (Å²) < 4.78 is 59.1. The maximum Gasteiger partial charge on any atom is 0.264 e. The molecule has 0 heterocycles. The third kappa shape index (κ3) is 6.84. The second kappa shape index (κ2) is 12.2. The van der Waals surface area contributed by atoms with Crippen molar-refractivity contribution in [1.29, 1.82) is 0 Å². The van der Waals surface area contributed by atoms with Gasteiger partial charge in [-0.25, -0.2) is 21.1 Å². The number of nitrogens with zero attached hydrogens (tertiary/aromatic N) is 2. The largest absolute Gasteiger partial charge is 0.492 e. The number of hydrogen-bond donors (Lipinski definition) is 1. The molecule has 0 saturated carbocycles. The van der Waals surface area contributed by atoms with Crippen molar-refractivity contribution >= 4 is 43.2 Å². The molecule has 38 heavy (non-hydrogen) atoms. The Morgan fingerprint density at radius 2 is 1.45 bits per heavy atom. The maximum absolute atomic E-state index is 13.5. The lowest BCUT2D eigenvalue weighted by Gasteiger charge is -2.26. The Hall–Kier alpha value is -3.12. The van der Waals surface area contributed by atoms with Gasteiger partial charge in [-0.2, -0.15) is 0 Å². The molecule has 0 bridgehead atoms. The van der Waals surface area contributed by atoms with E-state index in [9.17, 15) is 21.6 Å². The van der Waals surface area contributed by atoms with Gasteiger partial charge in [0, 0.05) is 19.1 Å². The highest BCUT2D eigenvalue weighted by atomic mass is 35.5. The standard InChI is InChI=1S/C26H30ClN3O6S2/c1-19-8-12-23(13-9-19)38(34,35)30(25-7-5-6-24(27)20(25)2)18-26(31)28-16-17-36-21-10-14-22(15-11-21)37(32,33)29(3)4/h5-15H,16-18H2,1-4H3,(H,28,31). The van der Waals surface area contributed by atoms with Crippen molar-refractivity contribution in [1.82, 2.24) is 9.62 Å². The Kier molecular flexibility index (Phi) is 9.42. The van der Waals surface area contributed by atoms with Gasteiger partial charge in [-0.3, -0.25) is 9.10 Å². The van der Waals surface area contributed by atoms with Crippen LogP contribution in [0.3, 0.4) is 0 Å². The van der Waals surface area contributed by atoms with Crippen LogP contribution in [0.25, 0.3) is 0 Å². The fourth-order valence-electron chi connectivity index (χ4n) is 3.47. The van der Waals surface area contributed by atoms with Crippen LogP contribution in [0.15, 0.2) is 76.5 Å². The average Bonchev–Trinajstić information content (AvgIpc) is 2.87. The Morgan fingerprint density at radius 1 is 0.868 bits per heavy atom. The predicted octanol–water partition coefficient (Wildman–Crippen LogP) is 3.60. The van der Waals surface area contributed by atoms with E-state index in [4.69, 9.17) is 16.3 Å². The van der Waals surface area contributed by atoms with Gasteiger partial charge in [0.2, 0.25) is 15.9 Å². The second-order valence-corrected chi connectivity index (χ2v) is 13.1. The molecule has 0 saturated heterocycles. The Balaban J connectivity index is 1.68. The summed E-state index contributed by atoms with van der Waals surface area (Å²) in [6.07, 6.45) is 0. The van der Waals surface area contributed by atoms with Crippen molar-refractivity contribution in [2.75, 3.05) is 38.1 Å². The van der Waals surface area contributed by atoms with Crippen LogP contribution in [0.1, 0.15) is 11.1 Å². The van der Waals surface area contributed by atoms with Crippen LogP contribution in [0.4, 0.5) is 5.69 Å². The van der Waals surface area contributed by atoms with Gasteiger partial charge in [-0.05, 0) is 67.9 Å². The molecule has 12 heteroatoms. The van der Waals surface area contributed by atoms with Gasteiger partial charge in [0.1, 0.15) is 18.9 Å². The van der Waals surface area contributed by atoms with E-state index in [0.717, 1.165) is 14.2 Å². The summed E-state index contributed by atoms with van der Waals surface area (Å²) in [5, 5.41) is 3.04. The first kappa shape index (κ1) is 29.4. The Bertz CT molecular complexity index is 1490. The minimum atomic E-state index is -4.07. The normalized spacial score (nSPS) is 11.8. The summed E-state index contributed by atoms with van der Waals surface area (Å²) in [7, 11) is -4.72. The molecule has 1 N–H and O–H groups in total. The van der Waals surface area contributed by atoms with Gasteiger partial charge in [-0.15, -0.1) is 0 Å². The zero-order valence-electron chi connectivity index (χ0n) is 21.5. The number of amides is 1. The smallest absolute Gasteiger partial charge is 0.264 e. The predicted molar refractivity (Wildman–Crippen MR) is 148 cm³/mol. The van der Waals surface area contributed by atoms with Gasteiger partial charge in [0.05, 0.1) is 22.0 Å². The molecule has 3 aromatic carbocycles. The number of carbonyl (C=O) groups is 1. The van der Waals surface area contributed by atoms with E-state index in [2.05, 4.69) is 5.32 Å². The van der Waals surface area contributed by atoms with Crippen molar-refractivity contribution in [3.05, 3.63) is 82.9 Å². The van der Waals surface area contributed by atoms with Crippen molar-refractivity contribution < 1.29 is 26.4 Å². The lowest BCUT2D eigenvalue weighted by molar-refractivity contribution is -0.119.